The Bertz CT molecular complexity index is 338. The first kappa shape index (κ1) is 12.1. The van der Waals surface area contributed by atoms with Gasteiger partial charge in [-0.1, -0.05) is 26.2 Å². The van der Waals surface area contributed by atoms with Gasteiger partial charge in [-0.15, -0.1) is 11.3 Å². The van der Waals surface area contributed by atoms with Crippen molar-refractivity contribution in [1.82, 2.24) is 4.98 Å². The summed E-state index contributed by atoms with van der Waals surface area (Å²) in [6, 6.07) is 0.143. The highest BCUT2D eigenvalue weighted by molar-refractivity contribution is 7.11. The maximum absolute atomic E-state index is 6.00. The molecule has 1 aliphatic carbocycles. The van der Waals surface area contributed by atoms with E-state index >= 15 is 0 Å². The third kappa shape index (κ3) is 2.46. The predicted octanol–water partition coefficient (Wildman–Crippen LogP) is 3.77. The van der Waals surface area contributed by atoms with Gasteiger partial charge >= 0.3 is 0 Å². The van der Waals surface area contributed by atoms with E-state index in [4.69, 9.17) is 10.7 Å². The molecule has 1 aromatic rings. The number of thiazole rings is 1. The fourth-order valence-corrected chi connectivity index (χ4v) is 3.79. The van der Waals surface area contributed by atoms with Gasteiger partial charge < -0.3 is 5.73 Å². The fraction of sp³-hybridized carbons (Fsp3) is 0.769. The SMILES string of the molecule is CCc1nc(C2CCCCC2)sc1C(C)N. The first-order valence-corrected chi connectivity index (χ1v) is 7.29. The molecule has 1 fully saturated rings. The van der Waals surface area contributed by atoms with Crippen LogP contribution in [-0.2, 0) is 6.42 Å². The molecule has 0 aliphatic heterocycles. The first-order chi connectivity index (χ1) is 7.72. The van der Waals surface area contributed by atoms with Gasteiger partial charge in [-0.05, 0) is 26.2 Å². The highest BCUT2D eigenvalue weighted by Gasteiger charge is 2.21. The van der Waals surface area contributed by atoms with Gasteiger partial charge in [0.2, 0.25) is 0 Å². The van der Waals surface area contributed by atoms with E-state index in [1.807, 2.05) is 11.3 Å². The lowest BCUT2D eigenvalue weighted by molar-refractivity contribution is 0.442. The standard InChI is InChI=1S/C13H22N2S/c1-3-11-12(9(2)14)16-13(15-11)10-7-5-4-6-8-10/h9-10H,3-8,14H2,1-2H3. The molecule has 0 spiro atoms. The van der Waals surface area contributed by atoms with Gasteiger partial charge in [-0.2, -0.15) is 0 Å². The largest absolute Gasteiger partial charge is 0.323 e. The third-order valence-electron chi connectivity index (χ3n) is 3.45. The van der Waals surface area contributed by atoms with Crippen LogP contribution >= 0.6 is 11.3 Å². The number of nitrogens with two attached hydrogens (primary N) is 1. The Morgan fingerprint density at radius 1 is 1.38 bits per heavy atom. The molecule has 1 unspecified atom stereocenters. The maximum atomic E-state index is 6.00. The second kappa shape index (κ2) is 5.28. The summed E-state index contributed by atoms with van der Waals surface area (Å²) in [5.41, 5.74) is 7.24. The molecule has 90 valence electrons. The Morgan fingerprint density at radius 3 is 2.56 bits per heavy atom. The average Bonchev–Trinajstić information content (AvgIpc) is 2.74. The zero-order valence-corrected chi connectivity index (χ0v) is 11.1. The van der Waals surface area contributed by atoms with Crippen molar-refractivity contribution in [1.29, 1.82) is 0 Å². The van der Waals surface area contributed by atoms with E-state index in [-0.39, 0.29) is 6.04 Å². The summed E-state index contributed by atoms with van der Waals surface area (Å²) in [4.78, 5) is 6.12. The first-order valence-electron chi connectivity index (χ1n) is 6.47. The Kier molecular flexibility index (Phi) is 3.98. The average molecular weight is 238 g/mol. The van der Waals surface area contributed by atoms with Crippen LogP contribution in [0.15, 0.2) is 0 Å². The zero-order valence-electron chi connectivity index (χ0n) is 10.3. The normalized spacial score (nSPS) is 19.9. The highest BCUT2D eigenvalue weighted by Crippen LogP contribution is 2.37. The molecular weight excluding hydrogens is 216 g/mol. The summed E-state index contributed by atoms with van der Waals surface area (Å²) in [5.74, 6) is 0.719. The van der Waals surface area contributed by atoms with Gasteiger partial charge in [0.25, 0.3) is 0 Å². The van der Waals surface area contributed by atoms with Crippen molar-refractivity contribution in [2.75, 3.05) is 0 Å². The monoisotopic (exact) mass is 238 g/mol. The minimum absolute atomic E-state index is 0.143. The van der Waals surface area contributed by atoms with Crippen molar-refractivity contribution < 1.29 is 0 Å². The molecule has 3 heteroatoms. The second-order valence-electron chi connectivity index (χ2n) is 4.84. The smallest absolute Gasteiger partial charge is 0.0962 e. The van der Waals surface area contributed by atoms with E-state index in [0.717, 1.165) is 12.3 Å². The summed E-state index contributed by atoms with van der Waals surface area (Å²) in [5, 5.41) is 1.35. The molecule has 1 aliphatic rings. The molecule has 0 bridgehead atoms. The number of hydrogen-bond acceptors (Lipinski definition) is 3. The molecule has 1 saturated carbocycles. The van der Waals surface area contributed by atoms with Crippen molar-refractivity contribution >= 4 is 11.3 Å². The molecule has 2 nitrogen and oxygen atoms in total. The van der Waals surface area contributed by atoms with Crippen LogP contribution in [0.25, 0.3) is 0 Å². The van der Waals surface area contributed by atoms with Crippen molar-refractivity contribution in [2.24, 2.45) is 5.73 Å². The van der Waals surface area contributed by atoms with Gasteiger partial charge in [-0.25, -0.2) is 4.98 Å². The Hall–Kier alpha value is -0.410. The lowest BCUT2D eigenvalue weighted by atomic mass is 9.90. The summed E-state index contributed by atoms with van der Waals surface area (Å²) in [6.45, 7) is 4.24. The maximum Gasteiger partial charge on any atom is 0.0962 e. The lowest BCUT2D eigenvalue weighted by Gasteiger charge is -2.18. The van der Waals surface area contributed by atoms with E-state index in [0.29, 0.717) is 0 Å². The molecule has 1 atom stereocenters. The molecule has 0 amide bonds. The number of aromatic nitrogens is 1. The topological polar surface area (TPSA) is 38.9 Å². The van der Waals surface area contributed by atoms with Crippen LogP contribution in [0.5, 0.6) is 0 Å². The second-order valence-corrected chi connectivity index (χ2v) is 5.90. The van der Waals surface area contributed by atoms with Gasteiger partial charge in [0.05, 0.1) is 10.7 Å². The van der Waals surface area contributed by atoms with Crippen LogP contribution in [0, 0.1) is 0 Å². The minimum atomic E-state index is 0.143. The quantitative estimate of drug-likeness (QED) is 0.870. The van der Waals surface area contributed by atoms with Crippen LogP contribution < -0.4 is 5.73 Å². The van der Waals surface area contributed by atoms with E-state index in [2.05, 4.69) is 13.8 Å². The van der Waals surface area contributed by atoms with Crippen LogP contribution in [0.1, 0.15) is 73.5 Å². The Labute approximate surface area is 102 Å². The number of nitrogens with zero attached hydrogens (tertiary/aromatic N) is 1. The molecular formula is C13H22N2S. The van der Waals surface area contributed by atoms with E-state index in [1.165, 1.54) is 47.7 Å². The van der Waals surface area contributed by atoms with Crippen molar-refractivity contribution in [2.45, 2.75) is 64.3 Å². The lowest BCUT2D eigenvalue weighted by Crippen LogP contribution is -2.05. The summed E-state index contributed by atoms with van der Waals surface area (Å²) < 4.78 is 0. The molecule has 16 heavy (non-hydrogen) atoms. The summed E-state index contributed by atoms with van der Waals surface area (Å²) >= 11 is 1.86. The van der Waals surface area contributed by atoms with E-state index in [9.17, 15) is 0 Å². The van der Waals surface area contributed by atoms with E-state index < -0.39 is 0 Å². The van der Waals surface area contributed by atoms with Crippen LogP contribution in [0.3, 0.4) is 0 Å². The third-order valence-corrected chi connectivity index (χ3v) is 4.91. The molecule has 0 radical (unpaired) electrons. The number of hydrogen-bond donors (Lipinski definition) is 1. The van der Waals surface area contributed by atoms with Crippen molar-refractivity contribution in [3.05, 3.63) is 15.6 Å². The molecule has 1 heterocycles. The van der Waals surface area contributed by atoms with E-state index in [1.54, 1.807) is 0 Å². The molecule has 2 N–H and O–H groups in total. The van der Waals surface area contributed by atoms with Gasteiger partial charge in [0, 0.05) is 16.8 Å². The predicted molar refractivity (Wildman–Crippen MR) is 69.9 cm³/mol. The van der Waals surface area contributed by atoms with Crippen molar-refractivity contribution in [3.8, 4) is 0 Å². The minimum Gasteiger partial charge on any atom is -0.323 e. The summed E-state index contributed by atoms with van der Waals surface area (Å²) in [6.07, 6.45) is 7.82. The fourth-order valence-electron chi connectivity index (χ4n) is 2.52. The van der Waals surface area contributed by atoms with Gasteiger partial charge in [0.15, 0.2) is 0 Å². The van der Waals surface area contributed by atoms with Crippen LogP contribution in [-0.4, -0.2) is 4.98 Å². The van der Waals surface area contributed by atoms with Crippen LogP contribution in [0.4, 0.5) is 0 Å². The number of rotatable bonds is 3. The summed E-state index contributed by atoms with van der Waals surface area (Å²) in [7, 11) is 0. The Morgan fingerprint density at radius 2 is 2.06 bits per heavy atom. The molecule has 1 aromatic heterocycles. The van der Waals surface area contributed by atoms with Gasteiger partial charge in [-0.3, -0.25) is 0 Å². The molecule has 2 rings (SSSR count). The molecule has 0 aromatic carbocycles. The van der Waals surface area contributed by atoms with Crippen LogP contribution in [0.2, 0.25) is 0 Å². The zero-order chi connectivity index (χ0) is 11.5. The molecule has 0 saturated heterocycles. The number of aryl methyl sites for hydroxylation is 1. The Balaban J connectivity index is 2.20. The highest BCUT2D eigenvalue weighted by atomic mass is 32.1. The van der Waals surface area contributed by atoms with Gasteiger partial charge in [0.1, 0.15) is 0 Å². The van der Waals surface area contributed by atoms with Crippen molar-refractivity contribution in [3.63, 3.8) is 0 Å².